The normalized spacial score (nSPS) is 10.8. The average molecular weight is 483 g/mol. The Morgan fingerprint density at radius 2 is 2.03 bits per heavy atom. The Kier molecular flexibility index (Phi) is 6.69. The Labute approximate surface area is 200 Å². The number of hydrogen-bond acceptors (Lipinski definition) is 8. The van der Waals surface area contributed by atoms with Crippen molar-refractivity contribution < 1.29 is 18.7 Å². The molecule has 0 aliphatic heterocycles. The van der Waals surface area contributed by atoms with Gasteiger partial charge in [-0.15, -0.1) is 5.10 Å². The van der Waals surface area contributed by atoms with Gasteiger partial charge in [0.1, 0.15) is 11.5 Å². The van der Waals surface area contributed by atoms with Crippen LogP contribution in [0.3, 0.4) is 0 Å². The highest BCUT2D eigenvalue weighted by molar-refractivity contribution is 6.33. The number of hydrogen-bond donors (Lipinski definition) is 2. The number of oxazole rings is 1. The topological polar surface area (TPSA) is 130 Å². The predicted molar refractivity (Wildman–Crippen MR) is 127 cm³/mol. The van der Waals surface area contributed by atoms with E-state index in [2.05, 4.69) is 20.6 Å². The SMILES string of the molecule is CCOc1ccc(-c2nc(Cn3nnc(C(=O)Nc4ccccc4Cl)c3N)c(C)o2)cc1OC. The first kappa shape index (κ1) is 23.1. The number of carbonyl (C=O) groups is 1. The van der Waals surface area contributed by atoms with Crippen molar-refractivity contribution in [3.8, 4) is 23.0 Å². The van der Waals surface area contributed by atoms with Gasteiger partial charge in [-0.2, -0.15) is 0 Å². The summed E-state index contributed by atoms with van der Waals surface area (Å²) in [5, 5.41) is 11.0. The summed E-state index contributed by atoms with van der Waals surface area (Å²) in [5.41, 5.74) is 7.90. The molecule has 4 rings (SSSR count). The number of amides is 1. The van der Waals surface area contributed by atoms with Crippen LogP contribution in [-0.4, -0.2) is 39.6 Å². The third kappa shape index (κ3) is 4.67. The van der Waals surface area contributed by atoms with Gasteiger partial charge in [-0.1, -0.05) is 28.9 Å². The number of nitrogen functional groups attached to an aromatic ring is 1. The largest absolute Gasteiger partial charge is 0.493 e. The smallest absolute Gasteiger partial charge is 0.280 e. The standard InChI is InChI=1S/C23H23ClN6O4/c1-4-33-18-10-9-14(11-19(18)32-3)23-27-17(13(2)34-23)12-30-21(25)20(28-29-30)22(31)26-16-8-6-5-7-15(16)24/h5-11H,4,12,25H2,1-3H3,(H,26,31). The zero-order chi connectivity index (χ0) is 24.2. The van der Waals surface area contributed by atoms with Crippen LogP contribution < -0.4 is 20.5 Å². The molecule has 0 aliphatic carbocycles. The molecule has 34 heavy (non-hydrogen) atoms. The molecule has 0 saturated heterocycles. The minimum atomic E-state index is -0.518. The van der Waals surface area contributed by atoms with Crippen molar-refractivity contribution in [2.75, 3.05) is 24.8 Å². The molecule has 176 valence electrons. The summed E-state index contributed by atoms with van der Waals surface area (Å²) in [6.45, 7) is 4.38. The fourth-order valence-corrected chi connectivity index (χ4v) is 3.44. The molecule has 0 fully saturated rings. The molecular formula is C23H23ClN6O4. The van der Waals surface area contributed by atoms with Crippen molar-refractivity contribution >= 4 is 29.0 Å². The van der Waals surface area contributed by atoms with Crippen LogP contribution in [0.15, 0.2) is 46.9 Å². The number of carbonyl (C=O) groups excluding carboxylic acids is 1. The molecule has 11 heteroatoms. The van der Waals surface area contributed by atoms with Crippen LogP contribution in [0, 0.1) is 6.92 Å². The first-order valence-corrected chi connectivity index (χ1v) is 10.8. The monoisotopic (exact) mass is 482 g/mol. The highest BCUT2D eigenvalue weighted by Crippen LogP contribution is 2.33. The quantitative estimate of drug-likeness (QED) is 0.382. The molecule has 3 N–H and O–H groups in total. The molecular weight excluding hydrogens is 460 g/mol. The van der Waals surface area contributed by atoms with Gasteiger partial charge in [0, 0.05) is 5.56 Å². The van der Waals surface area contributed by atoms with Gasteiger partial charge in [0.05, 0.1) is 31.0 Å². The lowest BCUT2D eigenvalue weighted by atomic mass is 10.2. The molecule has 0 spiro atoms. The van der Waals surface area contributed by atoms with Gasteiger partial charge >= 0.3 is 0 Å². The van der Waals surface area contributed by atoms with Crippen LogP contribution in [0.5, 0.6) is 11.5 Å². The van der Waals surface area contributed by atoms with E-state index in [1.807, 2.05) is 13.0 Å². The maximum Gasteiger partial charge on any atom is 0.280 e. The van der Waals surface area contributed by atoms with E-state index in [4.69, 9.17) is 31.2 Å². The Balaban J connectivity index is 1.54. The van der Waals surface area contributed by atoms with Gasteiger partial charge in [0.2, 0.25) is 5.89 Å². The second-order valence-corrected chi connectivity index (χ2v) is 7.64. The number of nitrogens with one attached hydrogen (secondary N) is 1. The molecule has 2 aromatic heterocycles. The predicted octanol–water partition coefficient (Wildman–Crippen LogP) is 4.19. The fourth-order valence-electron chi connectivity index (χ4n) is 3.26. The zero-order valence-electron chi connectivity index (χ0n) is 18.8. The molecule has 1 amide bonds. The molecule has 0 saturated carbocycles. The Bertz CT molecular complexity index is 1330. The number of anilines is 2. The van der Waals surface area contributed by atoms with Gasteiger partial charge in [-0.25, -0.2) is 9.67 Å². The lowest BCUT2D eigenvalue weighted by Gasteiger charge is -2.09. The Hall–Kier alpha value is -4.05. The molecule has 0 bridgehead atoms. The minimum Gasteiger partial charge on any atom is -0.493 e. The Morgan fingerprint density at radius 3 is 2.76 bits per heavy atom. The third-order valence-electron chi connectivity index (χ3n) is 5.01. The first-order valence-electron chi connectivity index (χ1n) is 10.4. The minimum absolute atomic E-state index is 0.0162. The van der Waals surface area contributed by atoms with Crippen molar-refractivity contribution in [3.63, 3.8) is 0 Å². The number of nitrogens with two attached hydrogens (primary N) is 1. The number of ether oxygens (including phenoxy) is 2. The number of rotatable bonds is 8. The summed E-state index contributed by atoms with van der Waals surface area (Å²) < 4.78 is 18.2. The third-order valence-corrected chi connectivity index (χ3v) is 5.34. The van der Waals surface area contributed by atoms with Crippen LogP contribution in [0.2, 0.25) is 5.02 Å². The number of para-hydroxylation sites is 1. The van der Waals surface area contributed by atoms with Crippen LogP contribution in [-0.2, 0) is 6.54 Å². The van der Waals surface area contributed by atoms with Gasteiger partial charge in [0.25, 0.3) is 5.91 Å². The van der Waals surface area contributed by atoms with Crippen molar-refractivity contribution in [1.29, 1.82) is 0 Å². The van der Waals surface area contributed by atoms with Crippen molar-refractivity contribution in [1.82, 2.24) is 20.0 Å². The molecule has 10 nitrogen and oxygen atoms in total. The summed E-state index contributed by atoms with van der Waals surface area (Å²) in [4.78, 5) is 17.2. The summed E-state index contributed by atoms with van der Waals surface area (Å²) in [6, 6.07) is 12.3. The first-order chi connectivity index (χ1) is 16.4. The molecule has 4 aromatic rings. The highest BCUT2D eigenvalue weighted by atomic mass is 35.5. The van der Waals surface area contributed by atoms with Crippen LogP contribution in [0.4, 0.5) is 11.5 Å². The number of benzene rings is 2. The van der Waals surface area contributed by atoms with Gasteiger partial charge in [0.15, 0.2) is 23.0 Å². The Morgan fingerprint density at radius 1 is 1.24 bits per heavy atom. The average Bonchev–Trinajstić information content (AvgIpc) is 3.38. The lowest BCUT2D eigenvalue weighted by molar-refractivity contribution is 0.102. The van der Waals surface area contributed by atoms with Crippen molar-refractivity contribution in [2.24, 2.45) is 0 Å². The van der Waals surface area contributed by atoms with Crippen molar-refractivity contribution in [3.05, 3.63) is 64.6 Å². The van der Waals surface area contributed by atoms with Crippen LogP contribution >= 0.6 is 11.6 Å². The zero-order valence-corrected chi connectivity index (χ0v) is 19.6. The van der Waals surface area contributed by atoms with Crippen LogP contribution in [0.25, 0.3) is 11.5 Å². The number of aromatic nitrogens is 4. The summed E-state index contributed by atoms with van der Waals surface area (Å²) >= 11 is 6.10. The van der Waals surface area contributed by atoms with Gasteiger partial charge in [-0.3, -0.25) is 4.79 Å². The second-order valence-electron chi connectivity index (χ2n) is 7.24. The molecule has 0 radical (unpaired) electrons. The van der Waals surface area contributed by atoms with Crippen LogP contribution in [0.1, 0.15) is 28.9 Å². The molecule has 0 aliphatic rings. The number of aryl methyl sites for hydroxylation is 1. The van der Waals surface area contributed by atoms with E-state index < -0.39 is 5.91 Å². The fraction of sp³-hybridized carbons (Fsp3) is 0.217. The number of methoxy groups -OCH3 is 1. The maximum atomic E-state index is 12.6. The highest BCUT2D eigenvalue weighted by Gasteiger charge is 2.21. The molecule has 2 heterocycles. The van der Waals surface area contributed by atoms with E-state index in [1.165, 1.54) is 4.68 Å². The van der Waals surface area contributed by atoms with E-state index in [9.17, 15) is 4.79 Å². The van der Waals surface area contributed by atoms with E-state index >= 15 is 0 Å². The molecule has 0 atom stereocenters. The van der Waals surface area contributed by atoms with Crippen molar-refractivity contribution in [2.45, 2.75) is 20.4 Å². The maximum absolute atomic E-state index is 12.6. The van der Waals surface area contributed by atoms with Gasteiger partial charge < -0.3 is 24.9 Å². The number of halogens is 1. The lowest BCUT2D eigenvalue weighted by Crippen LogP contribution is -2.15. The second kappa shape index (κ2) is 9.84. The van der Waals surface area contributed by atoms with E-state index in [1.54, 1.807) is 50.4 Å². The summed E-state index contributed by atoms with van der Waals surface area (Å²) in [5.74, 6) is 1.78. The molecule has 0 unspecified atom stereocenters. The van der Waals surface area contributed by atoms with E-state index in [0.29, 0.717) is 46.2 Å². The molecule has 2 aromatic carbocycles. The summed E-state index contributed by atoms with van der Waals surface area (Å²) in [7, 11) is 1.57. The summed E-state index contributed by atoms with van der Waals surface area (Å²) in [6.07, 6.45) is 0. The van der Waals surface area contributed by atoms with E-state index in [0.717, 1.165) is 5.56 Å². The van der Waals surface area contributed by atoms with E-state index in [-0.39, 0.29) is 18.1 Å². The number of nitrogens with zero attached hydrogens (tertiary/aromatic N) is 4. The van der Waals surface area contributed by atoms with Gasteiger partial charge in [-0.05, 0) is 44.2 Å².